The Hall–Kier alpha value is -3.11. The van der Waals surface area contributed by atoms with Gasteiger partial charge >= 0.3 is 0 Å². The van der Waals surface area contributed by atoms with Crippen LogP contribution in [0.3, 0.4) is 0 Å². The first-order chi connectivity index (χ1) is 15.5. The average molecular weight is 434 g/mol. The zero-order chi connectivity index (χ0) is 22.7. The van der Waals surface area contributed by atoms with Crippen LogP contribution < -0.4 is 10.2 Å². The summed E-state index contributed by atoms with van der Waals surface area (Å²) in [6.45, 7) is 4.46. The predicted molar refractivity (Wildman–Crippen MR) is 126 cm³/mol. The Kier molecular flexibility index (Phi) is 6.61. The second-order valence-corrected chi connectivity index (χ2v) is 8.63. The zero-order valence-corrected chi connectivity index (χ0v) is 19.1. The summed E-state index contributed by atoms with van der Waals surface area (Å²) in [6, 6.07) is 12.7. The maximum atomic E-state index is 12.5. The monoisotopic (exact) mass is 433 g/mol. The van der Waals surface area contributed by atoms with Gasteiger partial charge in [-0.05, 0) is 43.5 Å². The third-order valence-corrected chi connectivity index (χ3v) is 6.35. The molecule has 1 N–H and O–H groups in total. The normalized spacial score (nSPS) is 18.4. The van der Waals surface area contributed by atoms with Crippen LogP contribution in [0.25, 0.3) is 11.1 Å². The smallest absolute Gasteiger partial charge is 0.225 e. The van der Waals surface area contributed by atoms with Gasteiger partial charge in [0.05, 0.1) is 24.3 Å². The lowest BCUT2D eigenvalue weighted by Crippen LogP contribution is -2.54. The van der Waals surface area contributed by atoms with Gasteiger partial charge in [0.1, 0.15) is 11.9 Å². The summed E-state index contributed by atoms with van der Waals surface area (Å²) in [4.78, 5) is 21.7. The summed E-state index contributed by atoms with van der Waals surface area (Å²) in [6.07, 6.45) is 2.67. The highest BCUT2D eigenvalue weighted by molar-refractivity contribution is 5.77. The Labute approximate surface area is 190 Å². The first-order valence-corrected chi connectivity index (χ1v) is 11.3. The molecule has 1 saturated carbocycles. The van der Waals surface area contributed by atoms with Crippen molar-refractivity contribution in [2.24, 2.45) is 0 Å². The van der Waals surface area contributed by atoms with E-state index in [1.54, 1.807) is 7.11 Å². The highest BCUT2D eigenvalue weighted by Crippen LogP contribution is 2.45. The molecule has 0 bridgehead atoms. The summed E-state index contributed by atoms with van der Waals surface area (Å²) < 4.78 is 5.06. The van der Waals surface area contributed by atoms with Crippen molar-refractivity contribution in [2.75, 3.05) is 50.6 Å². The number of nitriles is 1. The first-order valence-electron chi connectivity index (χ1n) is 11.3. The molecule has 2 aromatic rings. The second-order valence-electron chi connectivity index (χ2n) is 8.63. The number of ether oxygens (including phenoxy) is 1. The third-order valence-electron chi connectivity index (χ3n) is 6.35. The van der Waals surface area contributed by atoms with E-state index in [0.29, 0.717) is 44.1 Å². The number of piperazine rings is 1. The molecule has 7 heteroatoms. The maximum Gasteiger partial charge on any atom is 0.225 e. The number of benzene rings is 1. The molecule has 0 spiro atoms. The lowest BCUT2D eigenvalue weighted by Gasteiger charge is -2.41. The van der Waals surface area contributed by atoms with Crippen LogP contribution in [0.5, 0.6) is 0 Å². The number of nitrogens with zero attached hydrogens (tertiary/aromatic N) is 4. The molecule has 2 heterocycles. The Morgan fingerprint density at radius 2 is 2.12 bits per heavy atom. The quantitative estimate of drug-likeness (QED) is 0.718. The molecule has 1 amide bonds. The van der Waals surface area contributed by atoms with Gasteiger partial charge in [0, 0.05) is 57.0 Å². The minimum absolute atomic E-state index is 0.0535. The van der Waals surface area contributed by atoms with Crippen molar-refractivity contribution in [1.29, 1.82) is 5.26 Å². The summed E-state index contributed by atoms with van der Waals surface area (Å²) in [7, 11) is 3.52. The van der Waals surface area contributed by atoms with Crippen molar-refractivity contribution < 1.29 is 9.53 Å². The zero-order valence-electron chi connectivity index (χ0n) is 19.1. The van der Waals surface area contributed by atoms with Gasteiger partial charge in [-0.15, -0.1) is 0 Å². The number of carbonyl (C=O) groups excluding carboxylic acids is 1. The van der Waals surface area contributed by atoms with Crippen LogP contribution in [0.1, 0.15) is 43.4 Å². The van der Waals surface area contributed by atoms with E-state index in [0.717, 1.165) is 41.2 Å². The lowest BCUT2D eigenvalue weighted by atomic mass is 9.98. The van der Waals surface area contributed by atoms with Gasteiger partial charge in [0.15, 0.2) is 0 Å². The number of nitrogens with one attached hydrogen (secondary N) is 1. The second kappa shape index (κ2) is 9.58. The van der Waals surface area contributed by atoms with Crippen LogP contribution >= 0.6 is 0 Å². The molecular weight excluding hydrogens is 402 g/mol. The maximum absolute atomic E-state index is 12.5. The van der Waals surface area contributed by atoms with Crippen molar-refractivity contribution in [1.82, 2.24) is 9.88 Å². The minimum Gasteiger partial charge on any atom is -0.388 e. The van der Waals surface area contributed by atoms with E-state index in [4.69, 9.17) is 9.72 Å². The van der Waals surface area contributed by atoms with Crippen LogP contribution in [0.15, 0.2) is 30.3 Å². The fourth-order valence-electron chi connectivity index (χ4n) is 4.44. The fraction of sp³-hybridized carbons (Fsp3) is 0.480. The van der Waals surface area contributed by atoms with Crippen LogP contribution in [0.4, 0.5) is 11.5 Å². The van der Waals surface area contributed by atoms with E-state index in [1.807, 2.05) is 30.1 Å². The number of amides is 1. The summed E-state index contributed by atoms with van der Waals surface area (Å²) in [5.41, 5.74) is 4.83. The predicted octanol–water partition coefficient (Wildman–Crippen LogP) is 3.61. The Bertz CT molecular complexity index is 1030. The van der Waals surface area contributed by atoms with Crippen LogP contribution in [-0.2, 0) is 9.53 Å². The largest absolute Gasteiger partial charge is 0.388 e. The Morgan fingerprint density at radius 3 is 2.78 bits per heavy atom. The van der Waals surface area contributed by atoms with Crippen molar-refractivity contribution in [3.8, 4) is 17.2 Å². The fourth-order valence-corrected chi connectivity index (χ4v) is 4.44. The summed E-state index contributed by atoms with van der Waals surface area (Å²) >= 11 is 0. The molecule has 0 radical (unpaired) electrons. The van der Waals surface area contributed by atoms with Gasteiger partial charge in [-0.2, -0.15) is 5.26 Å². The van der Waals surface area contributed by atoms with E-state index >= 15 is 0 Å². The number of aromatic nitrogens is 1. The van der Waals surface area contributed by atoms with Gasteiger partial charge in [-0.1, -0.05) is 12.1 Å². The number of carbonyl (C=O) groups is 1. The molecule has 168 valence electrons. The van der Waals surface area contributed by atoms with Crippen molar-refractivity contribution >= 4 is 17.4 Å². The van der Waals surface area contributed by atoms with Gasteiger partial charge in [0.25, 0.3) is 0 Å². The molecule has 0 unspecified atom stereocenters. The van der Waals surface area contributed by atoms with E-state index in [1.165, 1.54) is 0 Å². The molecule has 1 saturated heterocycles. The molecule has 7 nitrogen and oxygen atoms in total. The first kappa shape index (κ1) is 22.1. The standard InChI is InChI=1S/C25H31N5O2/c1-17-16-29(10-11-30(17)23(31)9-12-32-3)25-20(15-26)14-22(24(28-25)18-7-8-18)19-5-4-6-21(13-19)27-2/h4-6,13-14,17-18,27H,7-12,16H2,1-3H3/t17-/m1/s1. The molecule has 2 fully saturated rings. The van der Waals surface area contributed by atoms with Crippen molar-refractivity contribution in [2.45, 2.75) is 38.1 Å². The Morgan fingerprint density at radius 1 is 1.31 bits per heavy atom. The SMILES string of the molecule is CNc1cccc(-c2cc(C#N)c(N3CCN(C(=O)CCOC)[C@H](C)C3)nc2C2CC2)c1. The van der Waals surface area contributed by atoms with Gasteiger partial charge in [-0.3, -0.25) is 4.79 Å². The number of anilines is 2. The molecule has 1 aliphatic carbocycles. The highest BCUT2D eigenvalue weighted by atomic mass is 16.5. The van der Waals surface area contributed by atoms with Gasteiger partial charge in [-0.25, -0.2) is 4.98 Å². The number of hydrogen-bond acceptors (Lipinski definition) is 6. The number of methoxy groups -OCH3 is 1. The molecular formula is C25H31N5O2. The van der Waals surface area contributed by atoms with Gasteiger partial charge in [0.2, 0.25) is 5.91 Å². The molecule has 1 aliphatic heterocycles. The van der Waals surface area contributed by atoms with E-state index in [2.05, 4.69) is 35.3 Å². The molecule has 32 heavy (non-hydrogen) atoms. The molecule has 2 aliphatic rings. The highest BCUT2D eigenvalue weighted by Gasteiger charge is 2.33. The van der Waals surface area contributed by atoms with E-state index in [9.17, 15) is 10.1 Å². The Balaban J connectivity index is 1.63. The lowest BCUT2D eigenvalue weighted by molar-refractivity contribution is -0.134. The third kappa shape index (κ3) is 4.56. The van der Waals surface area contributed by atoms with Crippen molar-refractivity contribution in [3.63, 3.8) is 0 Å². The number of hydrogen-bond donors (Lipinski definition) is 1. The van der Waals surface area contributed by atoms with E-state index in [-0.39, 0.29) is 11.9 Å². The minimum atomic E-state index is 0.0535. The number of rotatable bonds is 7. The van der Waals surface area contributed by atoms with Crippen molar-refractivity contribution in [3.05, 3.63) is 41.6 Å². The average Bonchev–Trinajstić information content (AvgIpc) is 3.67. The number of pyridine rings is 1. The van der Waals surface area contributed by atoms with E-state index < -0.39 is 0 Å². The molecule has 1 atom stereocenters. The topological polar surface area (TPSA) is 81.5 Å². The molecule has 1 aromatic heterocycles. The summed E-state index contributed by atoms with van der Waals surface area (Å²) in [5.74, 6) is 1.31. The molecule has 4 rings (SSSR count). The summed E-state index contributed by atoms with van der Waals surface area (Å²) in [5, 5.41) is 13.2. The van der Waals surface area contributed by atoms with Crippen LogP contribution in [0.2, 0.25) is 0 Å². The van der Waals surface area contributed by atoms with Gasteiger partial charge < -0.3 is 19.9 Å². The van der Waals surface area contributed by atoms with Crippen LogP contribution in [-0.4, -0.2) is 62.2 Å². The molecule has 1 aromatic carbocycles. The van der Waals surface area contributed by atoms with Crippen LogP contribution in [0, 0.1) is 11.3 Å².